The standard InChI is InChI=1S/C28H23ClN2O4S2/c1-3-34-27(33)24-17(2)30-28-31(25(24)22-9-6-14-36-22)26(32)23(37-28)15-19-7-4-5-8-21(19)35-16-18-10-12-20(29)13-11-18/h4-15,25H,3,16H2,1-2H3/b23-15+/t25-/m0/s1. The number of carbonyl (C=O) groups excluding carboxylic acids is 1. The van der Waals surface area contributed by atoms with E-state index in [2.05, 4.69) is 4.99 Å². The number of fused-ring (bicyclic) bond motifs is 1. The van der Waals surface area contributed by atoms with Crippen molar-refractivity contribution in [3.05, 3.63) is 118 Å². The summed E-state index contributed by atoms with van der Waals surface area (Å²) in [6.07, 6.45) is 1.82. The average molecular weight is 551 g/mol. The van der Waals surface area contributed by atoms with Crippen LogP contribution in [0, 0.1) is 0 Å². The summed E-state index contributed by atoms with van der Waals surface area (Å²) in [5, 5.41) is 2.60. The van der Waals surface area contributed by atoms with Gasteiger partial charge in [0.05, 0.1) is 22.4 Å². The molecular weight excluding hydrogens is 528 g/mol. The zero-order valence-corrected chi connectivity index (χ0v) is 22.5. The Morgan fingerprint density at radius 1 is 1.14 bits per heavy atom. The summed E-state index contributed by atoms with van der Waals surface area (Å²) >= 11 is 8.76. The molecule has 6 nitrogen and oxygen atoms in total. The van der Waals surface area contributed by atoms with E-state index in [4.69, 9.17) is 21.1 Å². The number of benzene rings is 2. The molecule has 0 saturated carbocycles. The molecule has 4 aromatic rings. The van der Waals surface area contributed by atoms with Crippen LogP contribution >= 0.6 is 34.3 Å². The number of nitrogens with zero attached hydrogens (tertiary/aromatic N) is 2. The Morgan fingerprint density at radius 2 is 1.92 bits per heavy atom. The number of rotatable bonds is 7. The first-order chi connectivity index (χ1) is 18.0. The van der Waals surface area contributed by atoms with Crippen LogP contribution in [0.15, 0.2) is 87.1 Å². The van der Waals surface area contributed by atoms with Gasteiger partial charge in [0.2, 0.25) is 0 Å². The van der Waals surface area contributed by atoms with Crippen LogP contribution in [-0.2, 0) is 16.1 Å². The molecule has 2 aromatic carbocycles. The summed E-state index contributed by atoms with van der Waals surface area (Å²) in [7, 11) is 0. The number of carbonyl (C=O) groups is 1. The predicted octanol–water partition coefficient (Wildman–Crippen LogP) is 5.09. The number of esters is 1. The van der Waals surface area contributed by atoms with Crippen LogP contribution in [0.1, 0.15) is 35.9 Å². The minimum absolute atomic E-state index is 0.219. The van der Waals surface area contributed by atoms with Gasteiger partial charge in [0.1, 0.15) is 18.4 Å². The molecule has 0 unspecified atom stereocenters. The van der Waals surface area contributed by atoms with Gasteiger partial charge in [-0.25, -0.2) is 9.79 Å². The van der Waals surface area contributed by atoms with Crippen molar-refractivity contribution in [1.29, 1.82) is 0 Å². The van der Waals surface area contributed by atoms with Crippen molar-refractivity contribution < 1.29 is 14.3 Å². The molecule has 0 N–H and O–H groups in total. The van der Waals surface area contributed by atoms with E-state index in [1.807, 2.05) is 72.1 Å². The van der Waals surface area contributed by atoms with Crippen LogP contribution < -0.4 is 19.6 Å². The summed E-state index contributed by atoms with van der Waals surface area (Å²) in [5.41, 5.74) is 2.47. The minimum Gasteiger partial charge on any atom is -0.488 e. The monoisotopic (exact) mass is 550 g/mol. The summed E-state index contributed by atoms with van der Waals surface area (Å²) in [4.78, 5) is 32.7. The lowest BCUT2D eigenvalue weighted by Crippen LogP contribution is -2.39. The lowest BCUT2D eigenvalue weighted by atomic mass is 10.0. The molecule has 1 aliphatic rings. The van der Waals surface area contributed by atoms with E-state index in [1.165, 1.54) is 22.7 Å². The maximum atomic E-state index is 13.7. The predicted molar refractivity (Wildman–Crippen MR) is 147 cm³/mol. The van der Waals surface area contributed by atoms with Crippen LogP contribution in [0.2, 0.25) is 5.02 Å². The molecule has 0 fully saturated rings. The smallest absolute Gasteiger partial charge is 0.338 e. The fourth-order valence-electron chi connectivity index (χ4n) is 4.12. The molecule has 1 atom stereocenters. The fourth-order valence-corrected chi connectivity index (χ4v) is 6.11. The number of hydrogen-bond acceptors (Lipinski definition) is 7. The molecule has 188 valence electrons. The van der Waals surface area contributed by atoms with Crippen molar-refractivity contribution in [1.82, 2.24) is 4.57 Å². The van der Waals surface area contributed by atoms with Gasteiger partial charge in [0.25, 0.3) is 5.56 Å². The molecule has 0 saturated heterocycles. The lowest BCUT2D eigenvalue weighted by molar-refractivity contribution is -0.139. The Morgan fingerprint density at radius 3 is 2.65 bits per heavy atom. The summed E-state index contributed by atoms with van der Waals surface area (Å²) in [6.45, 7) is 4.15. The van der Waals surface area contributed by atoms with Gasteiger partial charge < -0.3 is 9.47 Å². The number of halogens is 1. The SMILES string of the molecule is CCOC(=O)C1=C(C)N=c2s/c(=C/c3ccccc3OCc3ccc(Cl)cc3)c(=O)n2[C@H]1c1cccs1. The van der Waals surface area contributed by atoms with Gasteiger partial charge in [-0.15, -0.1) is 11.3 Å². The van der Waals surface area contributed by atoms with Gasteiger partial charge in [-0.2, -0.15) is 0 Å². The highest BCUT2D eigenvalue weighted by Crippen LogP contribution is 2.33. The first-order valence-corrected chi connectivity index (χ1v) is 13.7. The van der Waals surface area contributed by atoms with Gasteiger partial charge in [-0.1, -0.05) is 59.3 Å². The molecule has 0 bridgehead atoms. The third kappa shape index (κ3) is 5.18. The highest BCUT2D eigenvalue weighted by molar-refractivity contribution is 7.10. The molecule has 0 radical (unpaired) electrons. The van der Waals surface area contributed by atoms with Gasteiger partial charge in [-0.3, -0.25) is 9.36 Å². The molecule has 0 aliphatic carbocycles. The molecule has 3 heterocycles. The Kier molecular flexibility index (Phi) is 7.41. The van der Waals surface area contributed by atoms with Crippen molar-refractivity contribution in [2.45, 2.75) is 26.5 Å². The van der Waals surface area contributed by atoms with Crippen molar-refractivity contribution in [3.8, 4) is 5.75 Å². The van der Waals surface area contributed by atoms with Gasteiger partial charge >= 0.3 is 5.97 Å². The second-order valence-corrected chi connectivity index (χ2v) is 10.7. The van der Waals surface area contributed by atoms with E-state index in [0.717, 1.165) is 16.0 Å². The number of ether oxygens (including phenoxy) is 2. The minimum atomic E-state index is -0.589. The molecule has 0 spiro atoms. The first kappa shape index (κ1) is 25.2. The fraction of sp³-hybridized carbons (Fsp3) is 0.179. The maximum Gasteiger partial charge on any atom is 0.338 e. The Labute approximate surface area is 226 Å². The topological polar surface area (TPSA) is 69.9 Å². The molecule has 37 heavy (non-hydrogen) atoms. The number of para-hydroxylation sites is 1. The number of allylic oxidation sites excluding steroid dienone is 1. The van der Waals surface area contributed by atoms with Gasteiger partial charge in [-0.05, 0) is 55.1 Å². The molecule has 9 heteroatoms. The maximum absolute atomic E-state index is 13.7. The van der Waals surface area contributed by atoms with Crippen LogP contribution in [0.25, 0.3) is 6.08 Å². The van der Waals surface area contributed by atoms with Crippen LogP contribution in [0.5, 0.6) is 5.75 Å². The highest BCUT2D eigenvalue weighted by atomic mass is 35.5. The second-order valence-electron chi connectivity index (χ2n) is 8.27. The van der Waals surface area contributed by atoms with Crippen molar-refractivity contribution in [3.63, 3.8) is 0 Å². The van der Waals surface area contributed by atoms with Crippen LogP contribution in [-0.4, -0.2) is 17.1 Å². The van der Waals surface area contributed by atoms with Gasteiger partial charge in [0, 0.05) is 15.5 Å². The van der Waals surface area contributed by atoms with E-state index < -0.39 is 12.0 Å². The van der Waals surface area contributed by atoms with E-state index in [0.29, 0.717) is 38.0 Å². The Hall–Kier alpha value is -3.46. The molecular formula is C28H23ClN2O4S2. The quantitative estimate of drug-likeness (QED) is 0.300. The van der Waals surface area contributed by atoms with Crippen molar-refractivity contribution >= 4 is 46.3 Å². The zero-order valence-electron chi connectivity index (χ0n) is 20.1. The summed E-state index contributed by atoms with van der Waals surface area (Å²) in [6, 6.07) is 18.3. The van der Waals surface area contributed by atoms with Crippen LogP contribution in [0.4, 0.5) is 0 Å². The normalized spacial score (nSPS) is 15.3. The summed E-state index contributed by atoms with van der Waals surface area (Å²) in [5.74, 6) is 0.193. The molecule has 0 amide bonds. The van der Waals surface area contributed by atoms with E-state index in [1.54, 1.807) is 18.4 Å². The number of thiophene rings is 1. The molecule has 5 rings (SSSR count). The van der Waals surface area contributed by atoms with Crippen molar-refractivity contribution in [2.75, 3.05) is 6.61 Å². The van der Waals surface area contributed by atoms with Gasteiger partial charge in [0.15, 0.2) is 4.80 Å². The third-order valence-electron chi connectivity index (χ3n) is 5.84. The largest absolute Gasteiger partial charge is 0.488 e. The Bertz CT molecular complexity index is 1650. The number of thiazole rings is 1. The van der Waals surface area contributed by atoms with Crippen molar-refractivity contribution in [2.24, 2.45) is 4.99 Å². The van der Waals surface area contributed by atoms with E-state index >= 15 is 0 Å². The average Bonchev–Trinajstić information content (AvgIpc) is 3.52. The second kappa shape index (κ2) is 10.9. The number of aromatic nitrogens is 1. The number of hydrogen-bond donors (Lipinski definition) is 0. The summed E-state index contributed by atoms with van der Waals surface area (Å²) < 4.78 is 13.5. The molecule has 1 aliphatic heterocycles. The lowest BCUT2D eigenvalue weighted by Gasteiger charge is -2.23. The van der Waals surface area contributed by atoms with Crippen LogP contribution in [0.3, 0.4) is 0 Å². The zero-order chi connectivity index (χ0) is 25.9. The van der Waals surface area contributed by atoms with E-state index in [-0.39, 0.29) is 12.2 Å². The molecule has 2 aromatic heterocycles. The first-order valence-electron chi connectivity index (χ1n) is 11.7. The third-order valence-corrected chi connectivity index (χ3v) is 8.00. The van der Waals surface area contributed by atoms with E-state index in [9.17, 15) is 9.59 Å². The highest BCUT2D eigenvalue weighted by Gasteiger charge is 2.33. The Balaban J connectivity index is 1.56.